The molecule has 7 heteroatoms. The number of piperazine rings is 1. The third-order valence-corrected chi connectivity index (χ3v) is 5.01. The lowest BCUT2D eigenvalue weighted by Crippen LogP contribution is -2.44. The summed E-state index contributed by atoms with van der Waals surface area (Å²) in [6.07, 6.45) is 1.93. The van der Waals surface area contributed by atoms with E-state index >= 15 is 0 Å². The van der Waals surface area contributed by atoms with Crippen LogP contribution in [0.25, 0.3) is 0 Å². The molecule has 2 atom stereocenters. The summed E-state index contributed by atoms with van der Waals surface area (Å²) < 4.78 is 0. The monoisotopic (exact) mass is 380 g/mol. The summed E-state index contributed by atoms with van der Waals surface area (Å²) in [6.45, 7) is 8.05. The van der Waals surface area contributed by atoms with Gasteiger partial charge < -0.3 is 20.9 Å². The van der Waals surface area contributed by atoms with Crippen LogP contribution in [0, 0.1) is 11.8 Å². The maximum atomic E-state index is 12.2. The third-order valence-electron chi connectivity index (χ3n) is 5.01. The van der Waals surface area contributed by atoms with E-state index in [0.717, 1.165) is 51.3 Å². The van der Waals surface area contributed by atoms with Crippen LogP contribution in [0.4, 0.5) is 5.69 Å². The van der Waals surface area contributed by atoms with Gasteiger partial charge in [-0.25, -0.2) is 0 Å². The first-order valence-corrected chi connectivity index (χ1v) is 9.25. The van der Waals surface area contributed by atoms with Crippen LogP contribution >= 0.6 is 12.4 Å². The Labute approximate surface area is 161 Å². The summed E-state index contributed by atoms with van der Waals surface area (Å²) in [4.78, 5) is 26.5. The second kappa shape index (κ2) is 9.90. The van der Waals surface area contributed by atoms with Gasteiger partial charge in [0.25, 0.3) is 5.91 Å². The molecule has 1 saturated heterocycles. The summed E-state index contributed by atoms with van der Waals surface area (Å²) in [5.74, 6) is 0.663. The van der Waals surface area contributed by atoms with E-state index in [1.165, 1.54) is 0 Å². The summed E-state index contributed by atoms with van der Waals surface area (Å²) in [5.41, 5.74) is 1.37. The zero-order valence-corrected chi connectivity index (χ0v) is 16.1. The van der Waals surface area contributed by atoms with Gasteiger partial charge in [-0.05, 0) is 49.6 Å². The van der Waals surface area contributed by atoms with Crippen molar-refractivity contribution in [3.8, 4) is 0 Å². The summed E-state index contributed by atoms with van der Waals surface area (Å²) in [6, 6.07) is 7.11. The van der Waals surface area contributed by atoms with E-state index in [-0.39, 0.29) is 30.1 Å². The van der Waals surface area contributed by atoms with Gasteiger partial charge in [0.2, 0.25) is 5.91 Å². The number of carbonyl (C=O) groups excluding carboxylic acids is 2. The molecule has 2 unspecified atom stereocenters. The second-order valence-electron chi connectivity index (χ2n) is 7.09. The minimum Gasteiger partial charge on any atom is -0.352 e. The average Bonchev–Trinajstić information content (AvgIpc) is 3.37. The van der Waals surface area contributed by atoms with Crippen LogP contribution in [-0.4, -0.2) is 56.0 Å². The Morgan fingerprint density at radius 2 is 1.85 bits per heavy atom. The zero-order valence-electron chi connectivity index (χ0n) is 15.3. The highest BCUT2D eigenvalue weighted by molar-refractivity contribution is 5.96. The Kier molecular flexibility index (Phi) is 7.87. The molecule has 0 radical (unpaired) electrons. The van der Waals surface area contributed by atoms with Gasteiger partial charge in [0.1, 0.15) is 0 Å². The largest absolute Gasteiger partial charge is 0.352 e. The molecule has 1 aliphatic carbocycles. The number of hydrogen-bond donors (Lipinski definition) is 3. The first-order valence-electron chi connectivity index (χ1n) is 9.25. The van der Waals surface area contributed by atoms with Gasteiger partial charge in [0.05, 0.1) is 0 Å². The molecule has 2 amide bonds. The molecule has 1 saturated carbocycles. The number of halogens is 1. The van der Waals surface area contributed by atoms with Gasteiger partial charge in [-0.2, -0.15) is 0 Å². The number of nitrogens with zero attached hydrogens (tertiary/aromatic N) is 1. The standard InChI is InChI=1S/C19H28N4O2.ClH/c1-14-13-17(14)19(25)22-16-5-3-15(4-6-16)18(24)21-7-2-10-23-11-8-20-9-12-23;/h3-6,14,17,20H,2,7-13H2,1H3,(H,21,24)(H,22,25);1H. The fourth-order valence-corrected chi connectivity index (χ4v) is 3.17. The molecule has 144 valence electrons. The predicted octanol–water partition coefficient (Wildman–Crippen LogP) is 1.73. The first-order chi connectivity index (χ1) is 12.1. The highest BCUT2D eigenvalue weighted by Crippen LogP contribution is 2.38. The van der Waals surface area contributed by atoms with Crippen molar-refractivity contribution in [1.82, 2.24) is 15.5 Å². The van der Waals surface area contributed by atoms with E-state index in [0.29, 0.717) is 18.0 Å². The molecule has 0 bridgehead atoms. The van der Waals surface area contributed by atoms with Crippen molar-refractivity contribution in [1.29, 1.82) is 0 Å². The Balaban J connectivity index is 0.00000243. The summed E-state index contributed by atoms with van der Waals surface area (Å²) in [7, 11) is 0. The molecule has 1 aromatic carbocycles. The van der Waals surface area contributed by atoms with Crippen molar-refractivity contribution in [2.24, 2.45) is 11.8 Å². The van der Waals surface area contributed by atoms with Gasteiger partial charge in [-0.15, -0.1) is 12.4 Å². The van der Waals surface area contributed by atoms with Gasteiger partial charge in [0.15, 0.2) is 0 Å². The molecule has 6 nitrogen and oxygen atoms in total. The molecule has 0 spiro atoms. The number of benzene rings is 1. The highest BCUT2D eigenvalue weighted by Gasteiger charge is 2.39. The van der Waals surface area contributed by atoms with Crippen LogP contribution in [0.15, 0.2) is 24.3 Å². The van der Waals surface area contributed by atoms with Crippen molar-refractivity contribution >= 4 is 29.9 Å². The molecular weight excluding hydrogens is 352 g/mol. The molecule has 2 aliphatic rings. The molecule has 0 aromatic heterocycles. The van der Waals surface area contributed by atoms with Gasteiger partial charge in [0, 0.05) is 49.9 Å². The minimum atomic E-state index is -0.0611. The second-order valence-corrected chi connectivity index (χ2v) is 7.09. The maximum absolute atomic E-state index is 12.2. The lowest BCUT2D eigenvalue weighted by Gasteiger charge is -2.27. The van der Waals surface area contributed by atoms with E-state index in [9.17, 15) is 9.59 Å². The lowest BCUT2D eigenvalue weighted by atomic mass is 10.2. The van der Waals surface area contributed by atoms with E-state index in [1.807, 2.05) is 0 Å². The van der Waals surface area contributed by atoms with Crippen molar-refractivity contribution in [2.75, 3.05) is 44.6 Å². The van der Waals surface area contributed by atoms with E-state index < -0.39 is 0 Å². The van der Waals surface area contributed by atoms with Crippen LogP contribution in [0.1, 0.15) is 30.1 Å². The van der Waals surface area contributed by atoms with E-state index in [1.54, 1.807) is 24.3 Å². The number of amides is 2. The molecule has 3 N–H and O–H groups in total. The van der Waals surface area contributed by atoms with Gasteiger partial charge in [-0.1, -0.05) is 6.92 Å². The maximum Gasteiger partial charge on any atom is 0.251 e. The molecule has 1 heterocycles. The Hall–Kier alpha value is -1.63. The normalized spacial score (nSPS) is 22.2. The van der Waals surface area contributed by atoms with Crippen molar-refractivity contribution in [2.45, 2.75) is 19.8 Å². The Morgan fingerprint density at radius 3 is 2.46 bits per heavy atom. The molecule has 1 aliphatic heterocycles. The predicted molar refractivity (Wildman–Crippen MR) is 106 cm³/mol. The third kappa shape index (κ3) is 5.97. The van der Waals surface area contributed by atoms with Crippen LogP contribution in [0.3, 0.4) is 0 Å². The smallest absolute Gasteiger partial charge is 0.251 e. The highest BCUT2D eigenvalue weighted by atomic mass is 35.5. The SMILES string of the molecule is CC1CC1C(=O)Nc1ccc(C(=O)NCCCN2CCNCC2)cc1.Cl. The Bertz CT molecular complexity index is 602. The summed E-state index contributed by atoms with van der Waals surface area (Å²) >= 11 is 0. The van der Waals surface area contributed by atoms with Crippen LogP contribution in [0.2, 0.25) is 0 Å². The van der Waals surface area contributed by atoms with Gasteiger partial charge in [-0.3, -0.25) is 9.59 Å². The van der Waals surface area contributed by atoms with E-state index in [2.05, 4.69) is 27.8 Å². The number of anilines is 1. The topological polar surface area (TPSA) is 73.5 Å². The quantitative estimate of drug-likeness (QED) is 0.630. The van der Waals surface area contributed by atoms with Crippen LogP contribution < -0.4 is 16.0 Å². The number of nitrogens with one attached hydrogen (secondary N) is 3. The molecule has 2 fully saturated rings. The molecule has 26 heavy (non-hydrogen) atoms. The lowest BCUT2D eigenvalue weighted by molar-refractivity contribution is -0.117. The van der Waals surface area contributed by atoms with E-state index in [4.69, 9.17) is 0 Å². The minimum absolute atomic E-state index is 0. The average molecular weight is 381 g/mol. The fraction of sp³-hybridized carbons (Fsp3) is 0.579. The molecular formula is C19H29ClN4O2. The molecule has 1 aromatic rings. The van der Waals surface area contributed by atoms with Crippen molar-refractivity contribution < 1.29 is 9.59 Å². The van der Waals surface area contributed by atoms with Gasteiger partial charge >= 0.3 is 0 Å². The first kappa shape index (κ1) is 20.7. The number of rotatable bonds is 7. The summed E-state index contributed by atoms with van der Waals surface area (Å²) in [5, 5.41) is 9.21. The van der Waals surface area contributed by atoms with Crippen molar-refractivity contribution in [3.63, 3.8) is 0 Å². The van der Waals surface area contributed by atoms with Crippen molar-refractivity contribution in [3.05, 3.63) is 29.8 Å². The zero-order chi connectivity index (χ0) is 17.6. The number of carbonyl (C=O) groups is 2. The molecule has 3 rings (SSSR count). The number of hydrogen-bond acceptors (Lipinski definition) is 4. The van der Waals surface area contributed by atoms with Crippen LogP contribution in [0.5, 0.6) is 0 Å². The fourth-order valence-electron chi connectivity index (χ4n) is 3.17. The Morgan fingerprint density at radius 1 is 1.19 bits per heavy atom. The van der Waals surface area contributed by atoms with Crippen LogP contribution in [-0.2, 0) is 4.79 Å².